The summed E-state index contributed by atoms with van der Waals surface area (Å²) in [4.78, 5) is 18.4. The van der Waals surface area contributed by atoms with E-state index in [1.54, 1.807) is 12.1 Å². The van der Waals surface area contributed by atoms with Crippen molar-refractivity contribution in [2.45, 2.75) is 18.5 Å². The van der Waals surface area contributed by atoms with Crippen LogP contribution in [0.5, 0.6) is 0 Å². The second kappa shape index (κ2) is 5.79. The van der Waals surface area contributed by atoms with E-state index < -0.39 is 5.97 Å². The van der Waals surface area contributed by atoms with Crippen molar-refractivity contribution in [1.29, 1.82) is 0 Å². The van der Waals surface area contributed by atoms with Crippen molar-refractivity contribution in [2.24, 2.45) is 0 Å². The number of anilines is 1. The molecule has 0 aliphatic heterocycles. The number of hydrogen-bond acceptors (Lipinski definition) is 4. The van der Waals surface area contributed by atoms with Gasteiger partial charge in [-0.05, 0) is 24.6 Å². The van der Waals surface area contributed by atoms with Crippen molar-refractivity contribution >= 4 is 34.5 Å². The summed E-state index contributed by atoms with van der Waals surface area (Å²) in [5.74, 6) is -0.286. The molecule has 0 aliphatic carbocycles. The van der Waals surface area contributed by atoms with Crippen molar-refractivity contribution in [3.8, 4) is 0 Å². The summed E-state index contributed by atoms with van der Waals surface area (Å²) in [6.07, 6.45) is 2.24. The number of benzene rings is 1. The number of nitrogens with zero attached hydrogens (tertiary/aromatic N) is 1. The van der Waals surface area contributed by atoms with Gasteiger partial charge in [-0.2, -0.15) is 0 Å². The van der Waals surface area contributed by atoms with Crippen LogP contribution in [-0.4, -0.2) is 26.8 Å². The quantitative estimate of drug-likeness (QED) is 0.444. The van der Waals surface area contributed by atoms with Gasteiger partial charge in [0.05, 0.1) is 11.0 Å². The van der Waals surface area contributed by atoms with Gasteiger partial charge in [-0.25, -0.2) is 9.78 Å². The van der Waals surface area contributed by atoms with E-state index in [1.807, 2.05) is 19.1 Å². The van der Waals surface area contributed by atoms with Gasteiger partial charge in [0, 0.05) is 17.0 Å². The standard InChI is InChI=1S/C13H15N3O2S/c1-2-8(12(17)18)5-6-19-13-15-10-4-3-9(14)7-11(10)16-13/h3-5,7H,2,6,14H2,1H3,(H,15,16)(H,17,18)/b8-5-. The number of aromatic nitrogens is 2. The molecule has 5 nitrogen and oxygen atoms in total. The van der Waals surface area contributed by atoms with E-state index in [1.165, 1.54) is 11.8 Å². The summed E-state index contributed by atoms with van der Waals surface area (Å²) in [7, 11) is 0. The molecule has 0 aliphatic rings. The molecule has 0 unspecified atom stereocenters. The highest BCUT2D eigenvalue weighted by Gasteiger charge is 2.05. The zero-order valence-corrected chi connectivity index (χ0v) is 11.3. The van der Waals surface area contributed by atoms with Crippen LogP contribution in [0.2, 0.25) is 0 Å². The monoisotopic (exact) mass is 277 g/mol. The highest BCUT2D eigenvalue weighted by atomic mass is 32.2. The first kappa shape index (κ1) is 13.5. The lowest BCUT2D eigenvalue weighted by Crippen LogP contribution is -1.99. The normalized spacial score (nSPS) is 11.9. The van der Waals surface area contributed by atoms with Gasteiger partial charge in [-0.3, -0.25) is 0 Å². The minimum atomic E-state index is -0.861. The highest BCUT2D eigenvalue weighted by Crippen LogP contribution is 2.21. The van der Waals surface area contributed by atoms with E-state index in [0.29, 0.717) is 23.4 Å². The molecule has 6 heteroatoms. The Morgan fingerprint density at radius 2 is 2.37 bits per heavy atom. The summed E-state index contributed by atoms with van der Waals surface area (Å²) in [6.45, 7) is 1.83. The van der Waals surface area contributed by atoms with Gasteiger partial charge in [0.2, 0.25) is 0 Å². The zero-order valence-electron chi connectivity index (χ0n) is 10.5. The van der Waals surface area contributed by atoms with Crippen LogP contribution in [0.15, 0.2) is 35.0 Å². The van der Waals surface area contributed by atoms with Crippen LogP contribution in [0.4, 0.5) is 5.69 Å². The third-order valence-electron chi connectivity index (χ3n) is 2.69. The van der Waals surface area contributed by atoms with Crippen LogP contribution >= 0.6 is 11.8 Å². The molecule has 0 fully saturated rings. The predicted octanol–water partition coefficient (Wildman–Crippen LogP) is 2.66. The van der Waals surface area contributed by atoms with E-state index in [4.69, 9.17) is 10.8 Å². The first-order valence-corrected chi connectivity index (χ1v) is 6.89. The maximum absolute atomic E-state index is 10.8. The zero-order chi connectivity index (χ0) is 13.8. The molecule has 0 amide bonds. The first-order valence-electron chi connectivity index (χ1n) is 5.90. The number of carbonyl (C=O) groups is 1. The van der Waals surface area contributed by atoms with Gasteiger partial charge < -0.3 is 15.8 Å². The number of nitrogens with two attached hydrogens (primary N) is 1. The Hall–Kier alpha value is -1.95. The maximum atomic E-state index is 10.8. The average molecular weight is 277 g/mol. The SMILES string of the molecule is CC/C(=C/CSc1nc2ccc(N)cc2[nH]1)C(=O)O. The van der Waals surface area contributed by atoms with Crippen molar-refractivity contribution in [2.75, 3.05) is 11.5 Å². The van der Waals surface area contributed by atoms with Gasteiger partial charge in [-0.15, -0.1) is 0 Å². The number of rotatable bonds is 5. The summed E-state index contributed by atoms with van der Waals surface area (Å²) in [5.41, 5.74) is 8.55. The van der Waals surface area contributed by atoms with Gasteiger partial charge in [0.25, 0.3) is 0 Å². The second-order valence-electron chi connectivity index (χ2n) is 4.02. The summed E-state index contributed by atoms with van der Waals surface area (Å²) in [5, 5.41) is 9.66. The molecule has 2 aromatic rings. The van der Waals surface area contributed by atoms with E-state index in [0.717, 1.165) is 16.2 Å². The molecular formula is C13H15N3O2S. The fraction of sp³-hybridized carbons (Fsp3) is 0.231. The van der Waals surface area contributed by atoms with Crippen LogP contribution in [0.1, 0.15) is 13.3 Å². The number of fused-ring (bicyclic) bond motifs is 1. The van der Waals surface area contributed by atoms with Crippen LogP contribution in [0.3, 0.4) is 0 Å². The number of nitrogen functional groups attached to an aromatic ring is 1. The lowest BCUT2D eigenvalue weighted by atomic mass is 10.2. The van der Waals surface area contributed by atoms with E-state index >= 15 is 0 Å². The molecule has 0 saturated carbocycles. The van der Waals surface area contributed by atoms with Crippen molar-refractivity contribution in [3.63, 3.8) is 0 Å². The fourth-order valence-electron chi connectivity index (χ4n) is 1.68. The van der Waals surface area contributed by atoms with E-state index in [2.05, 4.69) is 9.97 Å². The van der Waals surface area contributed by atoms with Crippen LogP contribution in [-0.2, 0) is 4.79 Å². The molecule has 2 rings (SSSR count). The van der Waals surface area contributed by atoms with E-state index in [-0.39, 0.29) is 0 Å². The number of carboxylic acids is 1. The van der Waals surface area contributed by atoms with Crippen LogP contribution in [0.25, 0.3) is 11.0 Å². The molecule has 0 spiro atoms. The molecule has 0 bridgehead atoms. The van der Waals surface area contributed by atoms with Gasteiger partial charge in [-0.1, -0.05) is 24.8 Å². The Morgan fingerprint density at radius 3 is 3.05 bits per heavy atom. The number of hydrogen-bond donors (Lipinski definition) is 3. The second-order valence-corrected chi connectivity index (χ2v) is 5.03. The largest absolute Gasteiger partial charge is 0.478 e. The van der Waals surface area contributed by atoms with Crippen LogP contribution in [0, 0.1) is 0 Å². The molecule has 4 N–H and O–H groups in total. The van der Waals surface area contributed by atoms with E-state index in [9.17, 15) is 4.79 Å². The van der Waals surface area contributed by atoms with Crippen molar-refractivity contribution in [1.82, 2.24) is 9.97 Å². The number of aromatic amines is 1. The Kier molecular flexibility index (Phi) is 4.11. The molecular weight excluding hydrogens is 262 g/mol. The lowest BCUT2D eigenvalue weighted by Gasteiger charge is -1.96. The van der Waals surface area contributed by atoms with Crippen molar-refractivity contribution in [3.05, 3.63) is 29.8 Å². The molecule has 1 heterocycles. The topological polar surface area (TPSA) is 92.0 Å². The summed E-state index contributed by atoms with van der Waals surface area (Å²) in [6, 6.07) is 5.49. The number of nitrogens with one attached hydrogen (secondary N) is 1. The number of aliphatic carboxylic acids is 1. The predicted molar refractivity (Wildman–Crippen MR) is 77.2 cm³/mol. The third-order valence-corrected chi connectivity index (χ3v) is 3.49. The van der Waals surface area contributed by atoms with Crippen molar-refractivity contribution < 1.29 is 9.90 Å². The van der Waals surface area contributed by atoms with Gasteiger partial charge >= 0.3 is 5.97 Å². The molecule has 19 heavy (non-hydrogen) atoms. The molecule has 1 aromatic heterocycles. The smallest absolute Gasteiger partial charge is 0.331 e. The Balaban J connectivity index is 2.08. The molecule has 1 aromatic carbocycles. The first-order chi connectivity index (χ1) is 9.10. The Morgan fingerprint density at radius 1 is 1.58 bits per heavy atom. The molecule has 0 radical (unpaired) electrons. The highest BCUT2D eigenvalue weighted by molar-refractivity contribution is 7.99. The van der Waals surface area contributed by atoms with Crippen LogP contribution < -0.4 is 5.73 Å². The average Bonchev–Trinajstić information content (AvgIpc) is 2.75. The Labute approximate surface area is 114 Å². The Bertz CT molecular complexity index is 634. The van der Waals surface area contributed by atoms with Gasteiger partial charge in [0.15, 0.2) is 5.16 Å². The third kappa shape index (κ3) is 3.29. The molecule has 0 saturated heterocycles. The van der Waals surface area contributed by atoms with Gasteiger partial charge in [0.1, 0.15) is 0 Å². The lowest BCUT2D eigenvalue weighted by molar-refractivity contribution is -0.132. The summed E-state index contributed by atoms with van der Waals surface area (Å²) < 4.78 is 0. The maximum Gasteiger partial charge on any atom is 0.331 e. The summed E-state index contributed by atoms with van der Waals surface area (Å²) >= 11 is 1.47. The minimum Gasteiger partial charge on any atom is -0.478 e. The minimum absolute atomic E-state index is 0.424. The number of imidazole rings is 1. The molecule has 100 valence electrons. The number of thioether (sulfide) groups is 1. The number of H-pyrrole nitrogens is 1. The molecule has 0 atom stereocenters. The fourth-order valence-corrected chi connectivity index (χ4v) is 2.46. The number of carboxylic acid groups (broad SMARTS) is 1.